The molecular weight excluding hydrogens is 329 g/mol. The third-order valence-electron chi connectivity index (χ3n) is 4.41. The van der Waals surface area contributed by atoms with Crippen molar-refractivity contribution in [3.63, 3.8) is 0 Å². The van der Waals surface area contributed by atoms with E-state index in [0.717, 1.165) is 17.4 Å². The molecule has 122 valence electrons. The lowest BCUT2D eigenvalue weighted by Crippen LogP contribution is -2.48. The van der Waals surface area contributed by atoms with E-state index in [-0.39, 0.29) is 5.38 Å². The number of rotatable bonds is 1. The SMILES string of the molecule is ClC1=CC(Cl)CC(C2CN3CCC2CC3)=C1.O=C(O)C(=O)O. The van der Waals surface area contributed by atoms with Gasteiger partial charge in [-0.1, -0.05) is 17.2 Å². The summed E-state index contributed by atoms with van der Waals surface area (Å²) in [6, 6.07) is 0. The van der Waals surface area contributed by atoms with Crippen LogP contribution in [0, 0.1) is 11.8 Å². The first-order valence-electron chi connectivity index (χ1n) is 7.27. The smallest absolute Gasteiger partial charge is 0.414 e. The van der Waals surface area contributed by atoms with Crippen molar-refractivity contribution in [1.29, 1.82) is 0 Å². The molecule has 4 aliphatic rings. The van der Waals surface area contributed by atoms with Gasteiger partial charge in [0.15, 0.2) is 0 Å². The number of carboxylic acid groups (broad SMARTS) is 2. The molecule has 22 heavy (non-hydrogen) atoms. The summed E-state index contributed by atoms with van der Waals surface area (Å²) in [5.74, 6) is -2.06. The zero-order valence-electron chi connectivity index (χ0n) is 12.0. The molecule has 2 atom stereocenters. The molecular formula is C15H19Cl2NO4. The van der Waals surface area contributed by atoms with Gasteiger partial charge in [-0.15, -0.1) is 11.6 Å². The van der Waals surface area contributed by atoms with Crippen molar-refractivity contribution in [2.45, 2.75) is 24.6 Å². The van der Waals surface area contributed by atoms with Crippen LogP contribution in [0.1, 0.15) is 19.3 Å². The maximum Gasteiger partial charge on any atom is 0.414 e. The van der Waals surface area contributed by atoms with Gasteiger partial charge >= 0.3 is 11.9 Å². The quantitative estimate of drug-likeness (QED) is 0.563. The third kappa shape index (κ3) is 4.48. The van der Waals surface area contributed by atoms with E-state index in [1.165, 1.54) is 38.0 Å². The number of allylic oxidation sites excluding steroid dienone is 3. The van der Waals surface area contributed by atoms with Gasteiger partial charge in [0.2, 0.25) is 0 Å². The number of piperidine rings is 3. The lowest BCUT2D eigenvalue weighted by atomic mass is 9.73. The van der Waals surface area contributed by atoms with Crippen LogP contribution in [0.5, 0.6) is 0 Å². The molecule has 2 N–H and O–H groups in total. The van der Waals surface area contributed by atoms with Crippen molar-refractivity contribution >= 4 is 35.1 Å². The number of alkyl halides is 1. The van der Waals surface area contributed by atoms with Gasteiger partial charge in [-0.2, -0.15) is 0 Å². The number of hydrogen-bond donors (Lipinski definition) is 2. The van der Waals surface area contributed by atoms with E-state index < -0.39 is 11.9 Å². The Morgan fingerprint density at radius 1 is 1.18 bits per heavy atom. The fourth-order valence-corrected chi connectivity index (χ4v) is 4.06. The highest BCUT2D eigenvalue weighted by atomic mass is 35.5. The fourth-order valence-electron chi connectivity index (χ4n) is 3.38. The Kier molecular flexibility index (Phi) is 5.89. The molecule has 2 unspecified atom stereocenters. The molecule has 3 heterocycles. The van der Waals surface area contributed by atoms with Gasteiger partial charge in [0.1, 0.15) is 0 Å². The highest BCUT2D eigenvalue weighted by Gasteiger charge is 2.36. The molecule has 0 radical (unpaired) electrons. The predicted octanol–water partition coefficient (Wildman–Crippen LogP) is 2.54. The summed E-state index contributed by atoms with van der Waals surface area (Å²) in [5.41, 5.74) is 1.49. The van der Waals surface area contributed by atoms with E-state index >= 15 is 0 Å². The fraction of sp³-hybridized carbons (Fsp3) is 0.600. The summed E-state index contributed by atoms with van der Waals surface area (Å²) in [7, 11) is 0. The van der Waals surface area contributed by atoms with Crippen LogP contribution >= 0.6 is 23.2 Å². The van der Waals surface area contributed by atoms with E-state index in [1.54, 1.807) is 0 Å². The summed E-state index contributed by atoms with van der Waals surface area (Å²) in [6.45, 7) is 3.81. The standard InChI is InChI=1S/C13H17Cl2N.C2H2O4/c14-11-5-10(6-12(15)7-11)13-8-16-3-1-9(13)2-4-16;3-1(4)2(5)6/h5,7,9,12-13H,1-4,6,8H2;(H,3,4)(H,5,6). The summed E-state index contributed by atoms with van der Waals surface area (Å²) in [6.07, 6.45) is 7.82. The van der Waals surface area contributed by atoms with Crippen LogP contribution in [-0.2, 0) is 9.59 Å². The van der Waals surface area contributed by atoms with Crippen LogP contribution in [0.4, 0.5) is 0 Å². The number of fused-ring (bicyclic) bond motifs is 3. The van der Waals surface area contributed by atoms with Crippen molar-refractivity contribution in [2.75, 3.05) is 19.6 Å². The number of carboxylic acids is 2. The van der Waals surface area contributed by atoms with Gasteiger partial charge in [-0.3, -0.25) is 0 Å². The van der Waals surface area contributed by atoms with Gasteiger partial charge in [0.25, 0.3) is 0 Å². The Morgan fingerprint density at radius 2 is 1.77 bits per heavy atom. The lowest BCUT2D eigenvalue weighted by Gasteiger charge is -2.46. The Bertz CT molecular complexity index is 498. The molecule has 1 aliphatic carbocycles. The molecule has 0 aromatic rings. The topological polar surface area (TPSA) is 77.8 Å². The summed E-state index contributed by atoms with van der Waals surface area (Å²) < 4.78 is 0. The molecule has 5 nitrogen and oxygen atoms in total. The largest absolute Gasteiger partial charge is 0.473 e. The van der Waals surface area contributed by atoms with Crippen molar-refractivity contribution < 1.29 is 19.8 Å². The Balaban J connectivity index is 0.000000254. The van der Waals surface area contributed by atoms with Crippen molar-refractivity contribution in [2.24, 2.45) is 11.8 Å². The van der Waals surface area contributed by atoms with Crippen molar-refractivity contribution in [3.05, 3.63) is 22.8 Å². The lowest BCUT2D eigenvalue weighted by molar-refractivity contribution is -0.159. The predicted molar refractivity (Wildman–Crippen MR) is 84.2 cm³/mol. The molecule has 4 rings (SSSR count). The maximum atomic E-state index is 9.10. The number of nitrogens with zero attached hydrogens (tertiary/aromatic N) is 1. The molecule has 7 heteroatoms. The van der Waals surface area contributed by atoms with Crippen LogP contribution in [0.2, 0.25) is 0 Å². The highest BCUT2D eigenvalue weighted by Crippen LogP contribution is 2.40. The molecule has 0 aromatic heterocycles. The molecule has 0 amide bonds. The summed E-state index contributed by atoms with van der Waals surface area (Å²) in [5, 5.41) is 15.7. The molecule has 0 saturated carbocycles. The minimum absolute atomic E-state index is 0.1000. The van der Waals surface area contributed by atoms with Crippen molar-refractivity contribution in [3.8, 4) is 0 Å². The van der Waals surface area contributed by atoms with E-state index in [1.807, 2.05) is 6.08 Å². The maximum absolute atomic E-state index is 9.10. The minimum Gasteiger partial charge on any atom is -0.473 e. The zero-order valence-corrected chi connectivity index (χ0v) is 13.6. The Labute approximate surface area is 139 Å². The molecule has 0 aromatic carbocycles. The van der Waals surface area contributed by atoms with Gasteiger partial charge in [-0.05, 0) is 56.3 Å². The average Bonchev–Trinajstić information content (AvgIpc) is 2.48. The van der Waals surface area contributed by atoms with E-state index in [4.69, 9.17) is 43.0 Å². The Hall–Kier alpha value is -1.04. The van der Waals surface area contributed by atoms with Crippen LogP contribution in [-0.4, -0.2) is 52.1 Å². The summed E-state index contributed by atoms with van der Waals surface area (Å²) in [4.78, 5) is 20.8. The highest BCUT2D eigenvalue weighted by molar-refractivity contribution is 6.32. The average molecular weight is 348 g/mol. The number of halogens is 2. The van der Waals surface area contributed by atoms with E-state index in [0.29, 0.717) is 5.92 Å². The van der Waals surface area contributed by atoms with Crippen molar-refractivity contribution in [1.82, 2.24) is 4.90 Å². The number of carbonyl (C=O) groups is 2. The second-order valence-corrected chi connectivity index (χ2v) is 6.84. The van der Waals surface area contributed by atoms with Crippen LogP contribution in [0.25, 0.3) is 0 Å². The molecule has 3 fully saturated rings. The monoisotopic (exact) mass is 347 g/mol. The third-order valence-corrected chi connectivity index (χ3v) is 4.92. The van der Waals surface area contributed by atoms with E-state index in [9.17, 15) is 0 Å². The Morgan fingerprint density at radius 3 is 2.18 bits per heavy atom. The van der Waals surface area contributed by atoms with Crippen LogP contribution < -0.4 is 0 Å². The molecule has 0 spiro atoms. The zero-order chi connectivity index (χ0) is 16.3. The van der Waals surface area contributed by atoms with E-state index in [2.05, 4.69) is 11.0 Å². The first kappa shape index (κ1) is 17.3. The van der Waals surface area contributed by atoms with Gasteiger partial charge in [0, 0.05) is 11.6 Å². The molecule has 3 saturated heterocycles. The van der Waals surface area contributed by atoms with Crippen LogP contribution in [0.15, 0.2) is 22.8 Å². The second-order valence-electron chi connectivity index (χ2n) is 5.85. The molecule has 2 bridgehead atoms. The molecule has 3 aliphatic heterocycles. The van der Waals surface area contributed by atoms with Gasteiger partial charge in [0.05, 0.1) is 5.38 Å². The van der Waals surface area contributed by atoms with Gasteiger partial charge in [-0.25, -0.2) is 9.59 Å². The first-order valence-corrected chi connectivity index (χ1v) is 8.08. The second kappa shape index (κ2) is 7.49. The van der Waals surface area contributed by atoms with Crippen LogP contribution in [0.3, 0.4) is 0 Å². The minimum atomic E-state index is -1.82. The number of aliphatic carboxylic acids is 2. The number of hydrogen-bond acceptors (Lipinski definition) is 3. The first-order chi connectivity index (χ1) is 10.4. The van der Waals surface area contributed by atoms with Gasteiger partial charge < -0.3 is 15.1 Å². The normalized spacial score (nSPS) is 33.2. The summed E-state index contributed by atoms with van der Waals surface area (Å²) >= 11 is 12.3.